The van der Waals surface area contributed by atoms with E-state index in [1.54, 1.807) is 42.5 Å². The Labute approximate surface area is 136 Å². The van der Waals surface area contributed by atoms with Gasteiger partial charge in [-0.2, -0.15) is 0 Å². The first-order chi connectivity index (χ1) is 11.0. The summed E-state index contributed by atoms with van der Waals surface area (Å²) in [5.41, 5.74) is 12.2. The van der Waals surface area contributed by atoms with Gasteiger partial charge < -0.3 is 10.7 Å². The van der Waals surface area contributed by atoms with Crippen molar-refractivity contribution in [3.05, 3.63) is 64.8 Å². The number of carbonyl (C=O) groups is 2. The summed E-state index contributed by atoms with van der Waals surface area (Å²) in [7, 11) is 0. The van der Waals surface area contributed by atoms with Crippen LogP contribution in [-0.4, -0.2) is 16.8 Å². The Morgan fingerprint density at radius 3 is 2.57 bits per heavy atom. The first kappa shape index (κ1) is 14.9. The van der Waals surface area contributed by atoms with Gasteiger partial charge in [0.25, 0.3) is 11.8 Å². The molecule has 3 aromatic rings. The molecule has 0 aliphatic carbocycles. The van der Waals surface area contributed by atoms with Gasteiger partial charge in [0, 0.05) is 27.2 Å². The molecule has 5 N–H and O–H groups in total. The molecule has 23 heavy (non-hydrogen) atoms. The summed E-state index contributed by atoms with van der Waals surface area (Å²) < 4.78 is 0. The highest BCUT2D eigenvalue weighted by Crippen LogP contribution is 2.19. The Morgan fingerprint density at radius 2 is 1.78 bits per heavy atom. The molecule has 0 spiro atoms. The van der Waals surface area contributed by atoms with Crippen LogP contribution in [0.3, 0.4) is 0 Å². The number of anilines is 1. The highest BCUT2D eigenvalue weighted by Gasteiger charge is 2.12. The molecule has 0 atom stereocenters. The number of nitrogen functional groups attached to an aromatic ring is 1. The highest BCUT2D eigenvalue weighted by atomic mass is 35.5. The zero-order chi connectivity index (χ0) is 16.4. The summed E-state index contributed by atoms with van der Waals surface area (Å²) in [5, 5.41) is 1.39. The van der Waals surface area contributed by atoms with Gasteiger partial charge in [-0.15, -0.1) is 0 Å². The van der Waals surface area contributed by atoms with Gasteiger partial charge in [0.1, 0.15) is 5.69 Å². The average molecular weight is 329 g/mol. The van der Waals surface area contributed by atoms with Crippen LogP contribution in [-0.2, 0) is 0 Å². The number of amides is 2. The van der Waals surface area contributed by atoms with Gasteiger partial charge in [-0.25, -0.2) is 0 Å². The largest absolute Gasteiger partial charge is 0.399 e. The quantitative estimate of drug-likeness (QED) is 0.429. The SMILES string of the molecule is Nc1cccc(C(=O)NNC(=O)c2cc3cc(Cl)ccc3[nH]2)c1. The summed E-state index contributed by atoms with van der Waals surface area (Å²) in [6, 6.07) is 13.4. The number of rotatable bonds is 2. The van der Waals surface area contributed by atoms with E-state index in [0.29, 0.717) is 22.0 Å². The van der Waals surface area contributed by atoms with Crippen molar-refractivity contribution in [2.24, 2.45) is 0 Å². The van der Waals surface area contributed by atoms with Crippen LogP contribution < -0.4 is 16.6 Å². The summed E-state index contributed by atoms with van der Waals surface area (Å²) in [5.74, 6) is -0.917. The molecule has 7 heteroatoms. The smallest absolute Gasteiger partial charge is 0.286 e. The van der Waals surface area contributed by atoms with Gasteiger partial charge in [-0.05, 0) is 42.5 Å². The molecule has 0 aliphatic rings. The lowest BCUT2D eigenvalue weighted by molar-refractivity contribution is 0.0844. The predicted molar refractivity (Wildman–Crippen MR) is 89.1 cm³/mol. The molecule has 0 saturated heterocycles. The third-order valence-electron chi connectivity index (χ3n) is 3.27. The van der Waals surface area contributed by atoms with Gasteiger partial charge in [0.15, 0.2) is 0 Å². The average Bonchev–Trinajstić information content (AvgIpc) is 2.95. The molecule has 0 radical (unpaired) electrons. The molecule has 0 saturated carbocycles. The number of hydrogen-bond donors (Lipinski definition) is 4. The number of nitrogens with one attached hydrogen (secondary N) is 3. The lowest BCUT2D eigenvalue weighted by Crippen LogP contribution is -2.41. The number of halogens is 1. The molecule has 0 bridgehead atoms. The minimum absolute atomic E-state index is 0.315. The molecule has 6 nitrogen and oxygen atoms in total. The molecule has 1 aromatic heterocycles. The third kappa shape index (κ3) is 3.27. The summed E-state index contributed by atoms with van der Waals surface area (Å²) in [4.78, 5) is 27.0. The lowest BCUT2D eigenvalue weighted by atomic mass is 10.2. The highest BCUT2D eigenvalue weighted by molar-refractivity contribution is 6.31. The number of benzene rings is 2. The molecule has 0 aliphatic heterocycles. The van der Waals surface area contributed by atoms with E-state index >= 15 is 0 Å². The van der Waals surface area contributed by atoms with Crippen LogP contribution in [0.15, 0.2) is 48.5 Å². The van der Waals surface area contributed by atoms with Crippen molar-refractivity contribution >= 4 is 40.0 Å². The van der Waals surface area contributed by atoms with Gasteiger partial charge in [-0.3, -0.25) is 20.4 Å². The zero-order valence-electron chi connectivity index (χ0n) is 11.9. The maximum absolute atomic E-state index is 12.1. The Morgan fingerprint density at radius 1 is 1.00 bits per heavy atom. The number of nitrogens with two attached hydrogens (primary N) is 1. The number of H-pyrrole nitrogens is 1. The molecule has 0 unspecified atom stereocenters. The fraction of sp³-hybridized carbons (Fsp3) is 0. The van der Waals surface area contributed by atoms with E-state index in [2.05, 4.69) is 15.8 Å². The Kier molecular flexibility index (Phi) is 3.91. The first-order valence-corrected chi connectivity index (χ1v) is 7.15. The molecule has 0 fully saturated rings. The summed E-state index contributed by atoms with van der Waals surface area (Å²) in [6.45, 7) is 0. The number of hydrogen-bond acceptors (Lipinski definition) is 3. The van der Waals surface area contributed by atoms with Crippen molar-refractivity contribution in [2.75, 3.05) is 5.73 Å². The van der Waals surface area contributed by atoms with Crippen LogP contribution >= 0.6 is 11.6 Å². The second-order valence-corrected chi connectivity index (χ2v) is 5.38. The third-order valence-corrected chi connectivity index (χ3v) is 3.50. The monoisotopic (exact) mass is 328 g/mol. The van der Waals surface area contributed by atoms with Crippen LogP contribution in [0.1, 0.15) is 20.8 Å². The van der Waals surface area contributed by atoms with E-state index in [4.69, 9.17) is 17.3 Å². The van der Waals surface area contributed by atoms with Crippen LogP contribution in [0.5, 0.6) is 0 Å². The second-order valence-electron chi connectivity index (χ2n) is 4.95. The number of hydrazine groups is 1. The van der Waals surface area contributed by atoms with E-state index in [1.165, 1.54) is 6.07 Å². The van der Waals surface area contributed by atoms with Crippen molar-refractivity contribution in [1.29, 1.82) is 0 Å². The zero-order valence-corrected chi connectivity index (χ0v) is 12.6. The topological polar surface area (TPSA) is 100 Å². The van der Waals surface area contributed by atoms with Gasteiger partial charge >= 0.3 is 0 Å². The van der Waals surface area contributed by atoms with Gasteiger partial charge in [-0.1, -0.05) is 17.7 Å². The number of carbonyl (C=O) groups excluding carboxylic acids is 2. The minimum atomic E-state index is -0.463. The van der Waals surface area contributed by atoms with Crippen molar-refractivity contribution in [3.63, 3.8) is 0 Å². The number of aromatic nitrogens is 1. The maximum Gasteiger partial charge on any atom is 0.286 e. The predicted octanol–water partition coefficient (Wildman–Crippen LogP) is 2.48. The van der Waals surface area contributed by atoms with E-state index < -0.39 is 11.8 Å². The van der Waals surface area contributed by atoms with Gasteiger partial charge in [0.05, 0.1) is 0 Å². The first-order valence-electron chi connectivity index (χ1n) is 6.77. The fourth-order valence-electron chi connectivity index (χ4n) is 2.16. The summed E-state index contributed by atoms with van der Waals surface area (Å²) >= 11 is 5.91. The Bertz CT molecular complexity index is 904. The van der Waals surface area contributed by atoms with Crippen LogP contribution in [0.2, 0.25) is 5.02 Å². The summed E-state index contributed by atoms with van der Waals surface area (Å²) in [6.07, 6.45) is 0. The molecule has 116 valence electrons. The van der Waals surface area contributed by atoms with E-state index in [1.807, 2.05) is 0 Å². The maximum atomic E-state index is 12.1. The Hall–Kier alpha value is -2.99. The molecule has 1 heterocycles. The molecule has 3 rings (SSSR count). The molecule has 2 amide bonds. The van der Waals surface area contributed by atoms with Crippen molar-refractivity contribution in [2.45, 2.75) is 0 Å². The van der Waals surface area contributed by atoms with E-state index in [9.17, 15) is 9.59 Å². The fourth-order valence-corrected chi connectivity index (χ4v) is 2.34. The lowest BCUT2D eigenvalue weighted by Gasteiger charge is -2.06. The number of fused-ring (bicyclic) bond motifs is 1. The van der Waals surface area contributed by atoms with Crippen LogP contribution in [0.4, 0.5) is 5.69 Å². The van der Waals surface area contributed by atoms with Crippen molar-refractivity contribution in [3.8, 4) is 0 Å². The minimum Gasteiger partial charge on any atom is -0.399 e. The number of aromatic amines is 1. The normalized spacial score (nSPS) is 10.5. The van der Waals surface area contributed by atoms with Crippen molar-refractivity contribution in [1.82, 2.24) is 15.8 Å². The Balaban J connectivity index is 1.69. The molecular formula is C16H13ClN4O2. The van der Waals surface area contributed by atoms with Gasteiger partial charge in [0.2, 0.25) is 0 Å². The molecular weight excluding hydrogens is 316 g/mol. The van der Waals surface area contributed by atoms with E-state index in [0.717, 1.165) is 10.9 Å². The van der Waals surface area contributed by atoms with Crippen molar-refractivity contribution < 1.29 is 9.59 Å². The van der Waals surface area contributed by atoms with Crippen LogP contribution in [0.25, 0.3) is 10.9 Å². The molecule has 2 aromatic carbocycles. The second kappa shape index (κ2) is 6.02. The van der Waals surface area contributed by atoms with E-state index in [-0.39, 0.29) is 0 Å². The van der Waals surface area contributed by atoms with Crippen LogP contribution in [0, 0.1) is 0 Å². The standard InChI is InChI=1S/C16H13ClN4O2/c17-11-4-5-13-10(6-11)8-14(19-13)16(23)21-20-15(22)9-2-1-3-12(18)7-9/h1-8,19H,18H2,(H,20,22)(H,21,23).